The smallest absolute Gasteiger partial charge is 0.303 e. The van der Waals surface area contributed by atoms with Gasteiger partial charge in [0.05, 0.1) is 6.26 Å². The van der Waals surface area contributed by atoms with E-state index in [-0.39, 0.29) is 24.6 Å². The summed E-state index contributed by atoms with van der Waals surface area (Å²) in [7, 11) is 0. The molecule has 0 spiro atoms. The molecule has 1 aliphatic heterocycles. The molecule has 0 aromatic carbocycles. The Kier molecular flexibility index (Phi) is 4.15. The van der Waals surface area contributed by atoms with Gasteiger partial charge < -0.3 is 14.2 Å². The fourth-order valence-electron chi connectivity index (χ4n) is 1.27. The minimum Gasteiger partial charge on any atom is -0.491 e. The molecule has 0 amide bonds. The van der Waals surface area contributed by atoms with E-state index in [0.29, 0.717) is 6.42 Å². The van der Waals surface area contributed by atoms with Gasteiger partial charge in [0.25, 0.3) is 0 Å². The van der Waals surface area contributed by atoms with Crippen molar-refractivity contribution in [3.63, 3.8) is 0 Å². The summed E-state index contributed by atoms with van der Waals surface area (Å²) in [6.45, 7) is 2.75. The van der Waals surface area contributed by atoms with Gasteiger partial charge in [0.15, 0.2) is 6.10 Å². The lowest BCUT2D eigenvalue weighted by Gasteiger charge is -2.27. The molecule has 5 nitrogen and oxygen atoms in total. The van der Waals surface area contributed by atoms with Gasteiger partial charge in [-0.25, -0.2) is 0 Å². The van der Waals surface area contributed by atoms with Crippen LogP contribution in [0, 0.1) is 0 Å². The minimum atomic E-state index is -0.414. The molecule has 0 bridgehead atoms. The van der Waals surface area contributed by atoms with Crippen molar-refractivity contribution in [3.05, 3.63) is 12.3 Å². The normalized spacial score (nSPS) is 24.1. The molecule has 2 unspecified atom stereocenters. The van der Waals surface area contributed by atoms with Crippen molar-refractivity contribution in [3.8, 4) is 0 Å². The zero-order chi connectivity index (χ0) is 11.3. The molecule has 1 aliphatic rings. The highest BCUT2D eigenvalue weighted by Crippen LogP contribution is 2.15. The molecule has 0 saturated heterocycles. The van der Waals surface area contributed by atoms with Crippen molar-refractivity contribution in [2.45, 2.75) is 32.5 Å². The molecule has 0 radical (unpaired) electrons. The Morgan fingerprint density at radius 2 is 2.13 bits per heavy atom. The van der Waals surface area contributed by atoms with Crippen LogP contribution in [0.1, 0.15) is 20.3 Å². The topological polar surface area (TPSA) is 61.8 Å². The Morgan fingerprint density at radius 1 is 1.40 bits per heavy atom. The lowest BCUT2D eigenvalue weighted by molar-refractivity contribution is -0.159. The third kappa shape index (κ3) is 4.01. The van der Waals surface area contributed by atoms with Crippen molar-refractivity contribution in [2.24, 2.45) is 0 Å². The molecule has 5 heteroatoms. The summed E-state index contributed by atoms with van der Waals surface area (Å²) in [4.78, 5) is 21.4. The van der Waals surface area contributed by atoms with E-state index in [2.05, 4.69) is 0 Å². The van der Waals surface area contributed by atoms with Crippen LogP contribution in [0.4, 0.5) is 0 Å². The third-order valence-corrected chi connectivity index (χ3v) is 1.90. The van der Waals surface area contributed by atoms with Crippen LogP contribution in [-0.2, 0) is 23.8 Å². The van der Waals surface area contributed by atoms with Gasteiger partial charge in [0, 0.05) is 20.3 Å². The highest BCUT2D eigenvalue weighted by atomic mass is 16.6. The first kappa shape index (κ1) is 11.6. The SMILES string of the molecule is CC(=O)OCC1OC=CCC1OC(C)=O. The van der Waals surface area contributed by atoms with E-state index in [1.54, 1.807) is 6.08 Å². The lowest BCUT2D eigenvalue weighted by Crippen LogP contribution is -2.37. The number of hydrogen-bond acceptors (Lipinski definition) is 5. The van der Waals surface area contributed by atoms with Crippen molar-refractivity contribution in [1.29, 1.82) is 0 Å². The largest absolute Gasteiger partial charge is 0.491 e. The highest BCUT2D eigenvalue weighted by Gasteiger charge is 2.27. The number of carbonyl (C=O) groups excluding carboxylic acids is 2. The zero-order valence-corrected chi connectivity index (χ0v) is 8.76. The van der Waals surface area contributed by atoms with Crippen molar-refractivity contribution in [2.75, 3.05) is 6.61 Å². The first-order chi connectivity index (χ1) is 7.09. The van der Waals surface area contributed by atoms with Crippen LogP contribution in [0.3, 0.4) is 0 Å². The van der Waals surface area contributed by atoms with Crippen LogP contribution in [0.2, 0.25) is 0 Å². The van der Waals surface area contributed by atoms with E-state index in [1.165, 1.54) is 20.1 Å². The zero-order valence-electron chi connectivity index (χ0n) is 8.76. The number of rotatable bonds is 3. The molecule has 0 fully saturated rings. The quantitative estimate of drug-likeness (QED) is 0.650. The van der Waals surface area contributed by atoms with E-state index < -0.39 is 6.10 Å². The van der Waals surface area contributed by atoms with Gasteiger partial charge in [-0.15, -0.1) is 0 Å². The standard InChI is InChI=1S/C10H14O5/c1-7(11)14-6-10-9(15-8(2)12)4-3-5-13-10/h3,5,9-10H,4,6H2,1-2H3. The van der Waals surface area contributed by atoms with Gasteiger partial charge in [-0.05, 0) is 6.08 Å². The van der Waals surface area contributed by atoms with Crippen molar-refractivity contribution >= 4 is 11.9 Å². The fourth-order valence-corrected chi connectivity index (χ4v) is 1.27. The first-order valence-electron chi connectivity index (χ1n) is 4.70. The molecule has 0 aromatic rings. The van der Waals surface area contributed by atoms with E-state index in [1.807, 2.05) is 0 Å². The molecule has 1 rings (SSSR count). The van der Waals surface area contributed by atoms with Crippen molar-refractivity contribution in [1.82, 2.24) is 0 Å². The predicted molar refractivity (Wildman–Crippen MR) is 50.8 cm³/mol. The second-order valence-electron chi connectivity index (χ2n) is 3.23. The molecule has 0 aliphatic carbocycles. The summed E-state index contributed by atoms with van der Waals surface area (Å²) < 4.78 is 15.0. The average molecular weight is 214 g/mol. The minimum absolute atomic E-state index is 0.0949. The second kappa shape index (κ2) is 5.38. The first-order valence-corrected chi connectivity index (χ1v) is 4.70. The summed E-state index contributed by atoms with van der Waals surface area (Å²) >= 11 is 0. The van der Waals surface area contributed by atoms with Gasteiger partial charge >= 0.3 is 11.9 Å². The van der Waals surface area contributed by atoms with Gasteiger partial charge in [-0.2, -0.15) is 0 Å². The van der Waals surface area contributed by atoms with Crippen LogP contribution in [0.5, 0.6) is 0 Å². The molecular formula is C10H14O5. The van der Waals surface area contributed by atoms with Gasteiger partial charge in [0.1, 0.15) is 12.7 Å². The van der Waals surface area contributed by atoms with Gasteiger partial charge in [-0.3, -0.25) is 9.59 Å². The molecule has 15 heavy (non-hydrogen) atoms. The molecule has 0 aromatic heterocycles. The van der Waals surface area contributed by atoms with Crippen LogP contribution >= 0.6 is 0 Å². The molecule has 0 N–H and O–H groups in total. The summed E-state index contributed by atoms with van der Waals surface area (Å²) in [5.74, 6) is -0.749. The Hall–Kier alpha value is -1.52. The van der Waals surface area contributed by atoms with Gasteiger partial charge in [0.2, 0.25) is 0 Å². The van der Waals surface area contributed by atoms with Crippen LogP contribution in [0.15, 0.2) is 12.3 Å². The number of carbonyl (C=O) groups is 2. The van der Waals surface area contributed by atoms with Gasteiger partial charge in [-0.1, -0.05) is 0 Å². The molecule has 0 saturated carbocycles. The maximum absolute atomic E-state index is 10.8. The maximum Gasteiger partial charge on any atom is 0.303 e. The van der Waals surface area contributed by atoms with E-state index >= 15 is 0 Å². The second-order valence-corrected chi connectivity index (χ2v) is 3.23. The predicted octanol–water partition coefficient (Wildman–Crippen LogP) is 0.784. The summed E-state index contributed by atoms with van der Waals surface area (Å²) in [5, 5.41) is 0. The van der Waals surface area contributed by atoms with Crippen LogP contribution in [0.25, 0.3) is 0 Å². The fraction of sp³-hybridized carbons (Fsp3) is 0.600. The third-order valence-electron chi connectivity index (χ3n) is 1.90. The van der Waals surface area contributed by atoms with Crippen LogP contribution < -0.4 is 0 Å². The Balaban J connectivity index is 2.47. The monoisotopic (exact) mass is 214 g/mol. The Labute approximate surface area is 88.0 Å². The van der Waals surface area contributed by atoms with Crippen LogP contribution in [-0.4, -0.2) is 30.8 Å². The summed E-state index contributed by atoms with van der Waals surface area (Å²) in [5.41, 5.74) is 0. The summed E-state index contributed by atoms with van der Waals surface area (Å²) in [6.07, 6.45) is 3.06. The number of esters is 2. The Bertz CT molecular complexity index is 271. The molecule has 84 valence electrons. The van der Waals surface area contributed by atoms with E-state index in [4.69, 9.17) is 14.2 Å². The lowest BCUT2D eigenvalue weighted by atomic mass is 10.1. The molecule has 1 heterocycles. The number of hydrogen-bond donors (Lipinski definition) is 0. The Morgan fingerprint density at radius 3 is 2.73 bits per heavy atom. The molecule has 2 atom stereocenters. The van der Waals surface area contributed by atoms with Crippen molar-refractivity contribution < 1.29 is 23.8 Å². The summed E-state index contributed by atoms with van der Waals surface area (Å²) in [6, 6.07) is 0. The van der Waals surface area contributed by atoms with E-state index in [9.17, 15) is 9.59 Å². The maximum atomic E-state index is 10.8. The molecular weight excluding hydrogens is 200 g/mol. The average Bonchev–Trinajstić information content (AvgIpc) is 2.15. The number of ether oxygens (including phenoxy) is 3. The highest BCUT2D eigenvalue weighted by molar-refractivity contribution is 5.66. The van der Waals surface area contributed by atoms with E-state index in [0.717, 1.165) is 0 Å².